The van der Waals surface area contributed by atoms with Crippen LogP contribution in [-0.4, -0.2) is 74.8 Å². The van der Waals surface area contributed by atoms with Gasteiger partial charge in [-0.2, -0.15) is 11.9 Å². The molecule has 262 valence electrons. The smallest absolute Gasteiger partial charge is 0.161 e. The van der Waals surface area contributed by atoms with Gasteiger partial charge in [0, 0.05) is 24.5 Å². The van der Waals surface area contributed by atoms with Gasteiger partial charge in [-0.3, -0.25) is 0 Å². The fourth-order valence-corrected chi connectivity index (χ4v) is 6.52. The Hall–Kier alpha value is -3.59. The fraction of sp³-hybridized carbons (Fsp3) is 0.553. The standard InChI is InChI=1S/C38H52N3O7/c1-2-26-7-3-4-11-35(47-20-19-42)31(10-5-8-26)32(44)14-12-27-13-15-33(45)36(21-27)48-37(34(46)25-43)23-29(22-30-9-6-17-40-30)28-16-18-41-38(39)24-28/h6,9,13,15-18,21,24,26,29,31-32,34-35,37,42-46H,2-4,7,10-12,14,19-20,22-23,25H2,1H3,(H2,39,41)/q-1. The van der Waals surface area contributed by atoms with Crippen molar-refractivity contribution in [2.24, 2.45) is 11.8 Å². The van der Waals surface area contributed by atoms with Gasteiger partial charge in [0.2, 0.25) is 0 Å². The first kappa shape index (κ1) is 37.2. The number of aliphatic hydroxyl groups is 4. The number of pyridine rings is 1. The van der Waals surface area contributed by atoms with Gasteiger partial charge in [0.25, 0.3) is 0 Å². The fourth-order valence-electron chi connectivity index (χ4n) is 6.52. The van der Waals surface area contributed by atoms with E-state index in [9.17, 15) is 25.5 Å². The number of nitrogen functional groups attached to an aromatic ring is 1. The second-order valence-corrected chi connectivity index (χ2v) is 12.8. The van der Waals surface area contributed by atoms with E-state index in [-0.39, 0.29) is 42.7 Å². The number of hydrogen-bond acceptors (Lipinski definition) is 9. The van der Waals surface area contributed by atoms with Crippen LogP contribution < -0.4 is 15.5 Å². The van der Waals surface area contributed by atoms with E-state index in [1.807, 2.05) is 18.2 Å². The minimum atomic E-state index is -1.22. The maximum Gasteiger partial charge on any atom is 0.161 e. The molecule has 0 bridgehead atoms. The Morgan fingerprint density at radius 2 is 1.94 bits per heavy atom. The lowest BCUT2D eigenvalue weighted by atomic mass is 9.85. The first-order valence-corrected chi connectivity index (χ1v) is 17.3. The van der Waals surface area contributed by atoms with E-state index < -0.39 is 24.9 Å². The van der Waals surface area contributed by atoms with Gasteiger partial charge in [-0.25, -0.2) is 4.98 Å². The molecular formula is C38H52N3O7-. The zero-order chi connectivity index (χ0) is 34.3. The molecule has 2 aromatic heterocycles. The summed E-state index contributed by atoms with van der Waals surface area (Å²) >= 11 is 0. The molecule has 0 saturated heterocycles. The topological polar surface area (TPSA) is 173 Å². The number of phenols is 1. The summed E-state index contributed by atoms with van der Waals surface area (Å²) in [5.41, 5.74) is 8.59. The normalized spacial score (nSPS) is 21.0. The average molecular weight is 663 g/mol. The Bertz CT molecular complexity index is 1420. The number of phenolic OH excluding ortho intramolecular Hbond substituents is 1. The van der Waals surface area contributed by atoms with Crippen LogP contribution in [0.2, 0.25) is 0 Å². The van der Waals surface area contributed by atoms with Crippen molar-refractivity contribution in [1.82, 2.24) is 9.97 Å². The van der Waals surface area contributed by atoms with Crippen LogP contribution in [0.1, 0.15) is 81.0 Å². The number of benzene rings is 1. The Labute approximate surface area is 284 Å². The third-order valence-electron chi connectivity index (χ3n) is 9.33. The summed E-state index contributed by atoms with van der Waals surface area (Å²) in [5.74, 6) is 7.17. The Morgan fingerprint density at radius 3 is 2.67 bits per heavy atom. The number of hydrogen-bond donors (Lipinski definition) is 6. The van der Waals surface area contributed by atoms with E-state index in [1.165, 1.54) is 0 Å². The number of aromatic hydroxyl groups is 1. The van der Waals surface area contributed by atoms with Gasteiger partial charge in [-0.1, -0.05) is 43.9 Å². The van der Waals surface area contributed by atoms with E-state index >= 15 is 0 Å². The lowest BCUT2D eigenvalue weighted by Gasteiger charge is -2.31. The van der Waals surface area contributed by atoms with E-state index in [0.29, 0.717) is 43.8 Å². The van der Waals surface area contributed by atoms with E-state index in [1.54, 1.807) is 36.7 Å². The van der Waals surface area contributed by atoms with Crippen LogP contribution in [0.15, 0.2) is 54.9 Å². The molecule has 4 rings (SSSR count). The van der Waals surface area contributed by atoms with Gasteiger partial charge in [-0.15, -0.1) is 5.92 Å². The predicted octanol–water partition coefficient (Wildman–Crippen LogP) is 4.12. The van der Waals surface area contributed by atoms with Gasteiger partial charge in [0.05, 0.1) is 32.0 Å². The minimum Gasteiger partial charge on any atom is -0.668 e. The van der Waals surface area contributed by atoms with Crippen LogP contribution >= 0.6 is 0 Å². The van der Waals surface area contributed by atoms with Gasteiger partial charge in [-0.05, 0) is 86.3 Å². The van der Waals surface area contributed by atoms with Crippen LogP contribution in [-0.2, 0) is 17.6 Å². The first-order chi connectivity index (χ1) is 23.3. The molecule has 7 N–H and O–H groups in total. The number of aryl methyl sites for hydroxylation is 1. The van der Waals surface area contributed by atoms with Crippen LogP contribution in [0.5, 0.6) is 11.5 Å². The van der Waals surface area contributed by atoms with Crippen molar-refractivity contribution in [3.8, 4) is 23.3 Å². The Morgan fingerprint density at radius 1 is 1.10 bits per heavy atom. The van der Waals surface area contributed by atoms with Gasteiger partial charge in [0.1, 0.15) is 18.0 Å². The van der Waals surface area contributed by atoms with Crippen molar-refractivity contribution >= 4 is 5.82 Å². The third kappa shape index (κ3) is 11.2. The number of ether oxygens (including phenoxy) is 2. The number of aromatic nitrogens is 2. The number of aliphatic hydroxyl groups excluding tert-OH is 4. The summed E-state index contributed by atoms with van der Waals surface area (Å²) in [7, 11) is 0. The molecule has 0 fully saturated rings. The molecule has 10 nitrogen and oxygen atoms in total. The highest BCUT2D eigenvalue weighted by molar-refractivity contribution is 5.42. The predicted molar refractivity (Wildman–Crippen MR) is 184 cm³/mol. The molecule has 0 aliphatic heterocycles. The molecule has 10 heteroatoms. The zero-order valence-electron chi connectivity index (χ0n) is 28.0. The van der Waals surface area contributed by atoms with Crippen LogP contribution in [0.3, 0.4) is 0 Å². The van der Waals surface area contributed by atoms with Crippen molar-refractivity contribution in [2.45, 2.75) is 101 Å². The first-order valence-electron chi connectivity index (χ1n) is 17.3. The van der Waals surface area contributed by atoms with Crippen molar-refractivity contribution < 1.29 is 35.0 Å². The maximum absolute atomic E-state index is 11.4. The molecule has 3 aromatic rings. The van der Waals surface area contributed by atoms with Crippen molar-refractivity contribution in [1.29, 1.82) is 0 Å². The van der Waals surface area contributed by atoms with Gasteiger partial charge >= 0.3 is 0 Å². The molecule has 1 aliphatic rings. The zero-order valence-corrected chi connectivity index (χ0v) is 28.0. The van der Waals surface area contributed by atoms with E-state index in [4.69, 9.17) is 15.2 Å². The molecule has 0 saturated carbocycles. The summed E-state index contributed by atoms with van der Waals surface area (Å²) < 4.78 is 12.3. The van der Waals surface area contributed by atoms with Crippen molar-refractivity contribution in [2.75, 3.05) is 25.6 Å². The van der Waals surface area contributed by atoms with Crippen LogP contribution in [0.4, 0.5) is 5.82 Å². The lowest BCUT2D eigenvalue weighted by molar-refractivity contribution is -0.0515. The molecule has 0 amide bonds. The minimum absolute atomic E-state index is 0.0765. The molecule has 2 heterocycles. The highest BCUT2D eigenvalue weighted by Gasteiger charge is 2.30. The highest BCUT2D eigenvalue weighted by Crippen LogP contribution is 2.34. The monoisotopic (exact) mass is 662 g/mol. The number of rotatable bonds is 17. The van der Waals surface area contributed by atoms with E-state index in [2.05, 4.69) is 28.7 Å². The lowest BCUT2D eigenvalue weighted by Crippen LogP contribution is -2.36. The third-order valence-corrected chi connectivity index (χ3v) is 9.33. The molecule has 7 atom stereocenters. The Balaban J connectivity index is 1.49. The summed E-state index contributed by atoms with van der Waals surface area (Å²) in [5, 5.41) is 52.4. The number of nitrogens with two attached hydrogens (primary N) is 1. The molecule has 48 heavy (non-hydrogen) atoms. The quantitative estimate of drug-likeness (QED) is 0.116. The Kier molecular flexibility index (Phi) is 15.1. The van der Waals surface area contributed by atoms with Crippen molar-refractivity contribution in [3.63, 3.8) is 0 Å². The van der Waals surface area contributed by atoms with Gasteiger partial charge in [0.15, 0.2) is 11.5 Å². The SMILES string of the molecule is CCC1C#CCC(C(O)CCc2ccc(O)c(OC(CC(Cc3ccc[n-]3)c3ccnc(N)c3)C(O)CO)c2)C(OCCO)CCCC1. The molecular weight excluding hydrogens is 610 g/mol. The van der Waals surface area contributed by atoms with Gasteiger partial charge < -0.3 is 45.7 Å². The highest BCUT2D eigenvalue weighted by atomic mass is 16.5. The van der Waals surface area contributed by atoms with Crippen LogP contribution in [0.25, 0.3) is 0 Å². The maximum atomic E-state index is 11.4. The molecule has 1 aromatic carbocycles. The average Bonchev–Trinajstić information content (AvgIpc) is 3.61. The van der Waals surface area contributed by atoms with E-state index in [0.717, 1.165) is 48.9 Å². The van der Waals surface area contributed by atoms with Crippen LogP contribution in [0, 0.1) is 23.7 Å². The molecule has 0 spiro atoms. The largest absolute Gasteiger partial charge is 0.668 e. The molecule has 0 radical (unpaired) electrons. The summed E-state index contributed by atoms with van der Waals surface area (Å²) in [6, 6.07) is 12.5. The second kappa shape index (κ2) is 19.4. The summed E-state index contributed by atoms with van der Waals surface area (Å²) in [6.07, 6.45) is 7.60. The second-order valence-electron chi connectivity index (χ2n) is 12.8. The number of nitrogens with zero attached hydrogens (tertiary/aromatic N) is 2. The van der Waals surface area contributed by atoms with Crippen molar-refractivity contribution in [3.05, 3.63) is 71.7 Å². The molecule has 1 aliphatic carbocycles. The summed E-state index contributed by atoms with van der Waals surface area (Å²) in [4.78, 5) is 8.52. The summed E-state index contributed by atoms with van der Waals surface area (Å²) in [6.45, 7) is 1.77. The number of anilines is 1. The molecule has 7 unspecified atom stereocenters.